The molecule has 3 nitrogen and oxygen atoms in total. The number of alkyl halides is 2. The number of amides is 1. The van der Waals surface area contributed by atoms with Crippen LogP contribution in [0.1, 0.15) is 15.9 Å². The molecule has 0 spiro atoms. The van der Waals surface area contributed by atoms with E-state index >= 15 is 0 Å². The van der Waals surface area contributed by atoms with Gasteiger partial charge in [0.1, 0.15) is 0 Å². The summed E-state index contributed by atoms with van der Waals surface area (Å²) >= 11 is 3.27. The fourth-order valence-corrected chi connectivity index (χ4v) is 1.50. The highest BCUT2D eigenvalue weighted by molar-refractivity contribution is 9.10. The number of aryl methyl sites for hydroxylation is 1. The smallest absolute Gasteiger partial charge is 0.277 e. The summed E-state index contributed by atoms with van der Waals surface area (Å²) < 4.78 is 26.4. The van der Waals surface area contributed by atoms with Crippen LogP contribution in [0.5, 0.6) is 0 Å². The van der Waals surface area contributed by atoms with Gasteiger partial charge in [0.05, 0.1) is 13.1 Å². The Balaban J connectivity index is 2.68. The molecule has 0 saturated heterocycles. The molecular weight excluding hydrogens is 294 g/mol. The van der Waals surface area contributed by atoms with Crippen molar-refractivity contribution in [3.05, 3.63) is 33.8 Å². The third-order valence-electron chi connectivity index (χ3n) is 2.24. The summed E-state index contributed by atoms with van der Waals surface area (Å²) in [5.74, 6) is -3.61. The van der Waals surface area contributed by atoms with Gasteiger partial charge in [0.15, 0.2) is 0 Å². The predicted molar refractivity (Wildman–Crippen MR) is 65.2 cm³/mol. The number of halogens is 3. The molecule has 94 valence electrons. The van der Waals surface area contributed by atoms with E-state index in [1.54, 1.807) is 18.2 Å². The molecule has 0 aliphatic rings. The van der Waals surface area contributed by atoms with E-state index in [0.717, 1.165) is 10.0 Å². The van der Waals surface area contributed by atoms with Crippen LogP contribution in [0.25, 0.3) is 0 Å². The summed E-state index contributed by atoms with van der Waals surface area (Å²) in [4.78, 5) is 11.6. The Hall–Kier alpha value is -1.01. The first-order valence-corrected chi connectivity index (χ1v) is 5.77. The van der Waals surface area contributed by atoms with Gasteiger partial charge in [0, 0.05) is 10.0 Å². The minimum absolute atomic E-state index is 0.329. The fraction of sp³-hybridized carbons (Fsp3) is 0.364. The van der Waals surface area contributed by atoms with Crippen LogP contribution >= 0.6 is 15.9 Å². The zero-order chi connectivity index (χ0) is 13.1. The van der Waals surface area contributed by atoms with E-state index < -0.39 is 24.9 Å². The molecule has 1 rings (SSSR count). The molecule has 3 N–H and O–H groups in total. The van der Waals surface area contributed by atoms with E-state index in [1.165, 1.54) is 0 Å². The number of carbonyl (C=O) groups is 1. The Labute approximate surface area is 107 Å². The Kier molecular flexibility index (Phi) is 4.59. The van der Waals surface area contributed by atoms with Crippen LogP contribution in [0.3, 0.4) is 0 Å². The van der Waals surface area contributed by atoms with Gasteiger partial charge in [-0.15, -0.1) is 0 Å². The summed E-state index contributed by atoms with van der Waals surface area (Å²) in [5, 5.41) is 2.15. The Morgan fingerprint density at radius 3 is 2.71 bits per heavy atom. The Morgan fingerprint density at radius 2 is 2.18 bits per heavy atom. The van der Waals surface area contributed by atoms with Gasteiger partial charge in [0.25, 0.3) is 11.8 Å². The zero-order valence-corrected chi connectivity index (χ0v) is 10.9. The van der Waals surface area contributed by atoms with Crippen LogP contribution in [0.15, 0.2) is 22.7 Å². The minimum Gasteiger partial charge on any atom is -0.346 e. The van der Waals surface area contributed by atoms with E-state index in [9.17, 15) is 13.6 Å². The number of nitrogens with two attached hydrogens (primary N) is 1. The number of nitrogens with one attached hydrogen (secondary N) is 1. The standard InChI is InChI=1S/C11H13BrF2N2O/c1-7-2-3-8(4-9(7)12)10(17)16-6-11(13,14)5-15/h2-4H,5-6,15H2,1H3,(H,16,17). The van der Waals surface area contributed by atoms with E-state index in [1.807, 2.05) is 6.92 Å². The minimum atomic E-state index is -3.07. The maximum atomic E-state index is 12.8. The average Bonchev–Trinajstić information content (AvgIpc) is 2.30. The van der Waals surface area contributed by atoms with E-state index in [4.69, 9.17) is 5.73 Å². The van der Waals surface area contributed by atoms with Gasteiger partial charge in [-0.2, -0.15) is 0 Å². The average molecular weight is 307 g/mol. The van der Waals surface area contributed by atoms with Gasteiger partial charge in [-0.1, -0.05) is 22.0 Å². The van der Waals surface area contributed by atoms with Crippen LogP contribution in [0, 0.1) is 6.92 Å². The molecule has 0 aromatic heterocycles. The summed E-state index contributed by atoms with van der Waals surface area (Å²) in [6.45, 7) is 0.326. The molecule has 0 saturated carbocycles. The highest BCUT2D eigenvalue weighted by Crippen LogP contribution is 2.17. The highest BCUT2D eigenvalue weighted by Gasteiger charge is 2.27. The Morgan fingerprint density at radius 1 is 1.53 bits per heavy atom. The summed E-state index contributed by atoms with van der Waals surface area (Å²) in [5.41, 5.74) is 6.16. The fourth-order valence-electron chi connectivity index (χ4n) is 1.12. The lowest BCUT2D eigenvalue weighted by Gasteiger charge is -2.14. The van der Waals surface area contributed by atoms with Crippen LogP contribution < -0.4 is 11.1 Å². The molecule has 0 aliphatic carbocycles. The second kappa shape index (κ2) is 5.55. The van der Waals surface area contributed by atoms with Crippen LogP contribution in [0.2, 0.25) is 0 Å². The maximum absolute atomic E-state index is 12.8. The lowest BCUT2D eigenvalue weighted by molar-refractivity contribution is 0.0118. The largest absolute Gasteiger partial charge is 0.346 e. The van der Waals surface area contributed by atoms with Gasteiger partial charge in [-0.05, 0) is 24.6 Å². The second-order valence-electron chi connectivity index (χ2n) is 3.71. The van der Waals surface area contributed by atoms with Gasteiger partial charge in [0.2, 0.25) is 0 Å². The normalized spacial score (nSPS) is 11.4. The molecule has 1 aromatic rings. The molecule has 0 atom stereocenters. The highest BCUT2D eigenvalue weighted by atomic mass is 79.9. The van der Waals surface area contributed by atoms with Crippen LogP contribution in [-0.4, -0.2) is 24.9 Å². The van der Waals surface area contributed by atoms with Crippen molar-refractivity contribution in [2.24, 2.45) is 5.73 Å². The van der Waals surface area contributed by atoms with Gasteiger partial charge < -0.3 is 11.1 Å². The van der Waals surface area contributed by atoms with Crippen LogP contribution in [-0.2, 0) is 0 Å². The molecule has 0 unspecified atom stereocenters. The first kappa shape index (κ1) is 14.1. The molecule has 1 aromatic carbocycles. The Bertz CT molecular complexity index is 424. The van der Waals surface area contributed by atoms with E-state index in [0.29, 0.717) is 5.56 Å². The quantitative estimate of drug-likeness (QED) is 0.895. The first-order valence-electron chi connectivity index (χ1n) is 4.98. The van der Waals surface area contributed by atoms with E-state index in [-0.39, 0.29) is 0 Å². The number of carbonyl (C=O) groups excluding carboxylic acids is 1. The van der Waals surface area contributed by atoms with Gasteiger partial charge >= 0.3 is 0 Å². The molecule has 0 aliphatic heterocycles. The lowest BCUT2D eigenvalue weighted by Crippen LogP contribution is -2.41. The number of hydrogen-bond donors (Lipinski definition) is 2. The van der Waals surface area contributed by atoms with E-state index in [2.05, 4.69) is 21.2 Å². The van der Waals surface area contributed by atoms with Crippen molar-refractivity contribution >= 4 is 21.8 Å². The lowest BCUT2D eigenvalue weighted by atomic mass is 10.1. The molecule has 0 heterocycles. The molecule has 6 heteroatoms. The van der Waals surface area contributed by atoms with Crippen molar-refractivity contribution in [1.29, 1.82) is 0 Å². The predicted octanol–water partition coefficient (Wildman–Crippen LogP) is 2.08. The molecule has 17 heavy (non-hydrogen) atoms. The number of benzene rings is 1. The topological polar surface area (TPSA) is 55.1 Å². The second-order valence-corrected chi connectivity index (χ2v) is 4.56. The third-order valence-corrected chi connectivity index (χ3v) is 3.09. The first-order chi connectivity index (χ1) is 7.85. The van der Waals surface area contributed by atoms with Crippen molar-refractivity contribution in [1.82, 2.24) is 5.32 Å². The van der Waals surface area contributed by atoms with Gasteiger partial charge in [-0.25, -0.2) is 8.78 Å². The molecule has 0 radical (unpaired) electrons. The van der Waals surface area contributed by atoms with Crippen molar-refractivity contribution in [3.8, 4) is 0 Å². The number of hydrogen-bond acceptors (Lipinski definition) is 2. The number of rotatable bonds is 4. The van der Waals surface area contributed by atoms with Crippen molar-refractivity contribution in [2.45, 2.75) is 12.8 Å². The monoisotopic (exact) mass is 306 g/mol. The summed E-state index contributed by atoms with van der Waals surface area (Å²) in [7, 11) is 0. The SMILES string of the molecule is Cc1ccc(C(=O)NCC(F)(F)CN)cc1Br. The van der Waals surface area contributed by atoms with Crippen molar-refractivity contribution < 1.29 is 13.6 Å². The van der Waals surface area contributed by atoms with Crippen molar-refractivity contribution in [2.75, 3.05) is 13.1 Å². The zero-order valence-electron chi connectivity index (χ0n) is 9.27. The van der Waals surface area contributed by atoms with Crippen LogP contribution in [0.4, 0.5) is 8.78 Å². The summed E-state index contributed by atoms with van der Waals surface area (Å²) in [6, 6.07) is 4.90. The molecule has 1 amide bonds. The molecule has 0 fully saturated rings. The maximum Gasteiger partial charge on any atom is 0.277 e. The van der Waals surface area contributed by atoms with Crippen molar-refractivity contribution in [3.63, 3.8) is 0 Å². The third kappa shape index (κ3) is 4.05. The summed E-state index contributed by atoms with van der Waals surface area (Å²) in [6.07, 6.45) is 0. The molecular formula is C11H13BrF2N2O. The van der Waals surface area contributed by atoms with Gasteiger partial charge in [-0.3, -0.25) is 4.79 Å². The molecule has 0 bridgehead atoms.